The van der Waals surface area contributed by atoms with Crippen molar-refractivity contribution in [3.63, 3.8) is 0 Å². The van der Waals surface area contributed by atoms with E-state index in [4.69, 9.17) is 4.74 Å². The third-order valence-electron chi connectivity index (χ3n) is 5.27. The molecule has 1 saturated heterocycles. The largest absolute Gasteiger partial charge is 0.444 e. The number of nitrogens with zero attached hydrogens (tertiary/aromatic N) is 3. The highest BCUT2D eigenvalue weighted by molar-refractivity contribution is 5.91. The molecule has 1 fully saturated rings. The van der Waals surface area contributed by atoms with Crippen molar-refractivity contribution in [3.05, 3.63) is 59.9 Å². The predicted molar refractivity (Wildman–Crippen MR) is 114 cm³/mol. The second kappa shape index (κ2) is 7.44. The number of anilines is 2. The quantitative estimate of drug-likeness (QED) is 0.627. The van der Waals surface area contributed by atoms with Crippen LogP contribution in [0.2, 0.25) is 0 Å². The van der Waals surface area contributed by atoms with Crippen molar-refractivity contribution in [2.45, 2.75) is 38.7 Å². The van der Waals surface area contributed by atoms with Gasteiger partial charge < -0.3 is 15.0 Å². The summed E-state index contributed by atoms with van der Waals surface area (Å²) in [6.07, 6.45) is 1.04. The number of hydrogen-bond acceptors (Lipinski definition) is 5. The number of benzene rings is 2. The maximum absolute atomic E-state index is 14.1. The smallest absolute Gasteiger partial charge is 0.410 e. The van der Waals surface area contributed by atoms with Gasteiger partial charge in [-0.05, 0) is 50.6 Å². The van der Waals surface area contributed by atoms with Crippen LogP contribution in [-0.2, 0) is 10.2 Å². The second-order valence-electron chi connectivity index (χ2n) is 9.08. The van der Waals surface area contributed by atoms with Crippen LogP contribution in [0.1, 0.15) is 33.3 Å². The molecule has 162 valence electrons. The van der Waals surface area contributed by atoms with Gasteiger partial charge in [-0.1, -0.05) is 19.1 Å². The Balaban J connectivity index is 1.60. The van der Waals surface area contributed by atoms with Crippen molar-refractivity contribution in [1.29, 1.82) is 0 Å². The van der Waals surface area contributed by atoms with Gasteiger partial charge >= 0.3 is 6.09 Å². The molecule has 1 N–H and O–H groups in total. The number of nitrogens with one attached hydrogen (secondary N) is 1. The van der Waals surface area contributed by atoms with E-state index >= 15 is 0 Å². The van der Waals surface area contributed by atoms with Crippen LogP contribution >= 0.6 is 0 Å². The van der Waals surface area contributed by atoms with Crippen LogP contribution in [0.25, 0.3) is 10.9 Å². The van der Waals surface area contributed by atoms with E-state index in [9.17, 15) is 13.6 Å². The normalized spacial score (nSPS) is 15.5. The van der Waals surface area contributed by atoms with Gasteiger partial charge in [-0.25, -0.2) is 23.5 Å². The molecule has 31 heavy (non-hydrogen) atoms. The Morgan fingerprint density at radius 2 is 1.90 bits per heavy atom. The van der Waals surface area contributed by atoms with E-state index in [1.165, 1.54) is 18.5 Å². The Bertz CT molecular complexity index is 1150. The highest BCUT2D eigenvalue weighted by Gasteiger charge is 2.44. The summed E-state index contributed by atoms with van der Waals surface area (Å²) in [7, 11) is 0. The molecule has 4 rings (SSSR count). The number of amides is 1. The lowest BCUT2D eigenvalue weighted by Crippen LogP contribution is -2.60. The van der Waals surface area contributed by atoms with Crippen LogP contribution < -0.4 is 5.32 Å². The summed E-state index contributed by atoms with van der Waals surface area (Å²) in [5.74, 6) is -1.53. The van der Waals surface area contributed by atoms with E-state index in [0.717, 1.165) is 11.6 Å². The fraction of sp³-hybridized carbons (Fsp3) is 0.348. The molecule has 1 aliphatic rings. The van der Waals surface area contributed by atoms with Gasteiger partial charge in [-0.3, -0.25) is 0 Å². The van der Waals surface area contributed by atoms with Gasteiger partial charge in [0.25, 0.3) is 0 Å². The van der Waals surface area contributed by atoms with Gasteiger partial charge in [-0.2, -0.15) is 0 Å². The van der Waals surface area contributed by atoms with Crippen LogP contribution in [0.5, 0.6) is 0 Å². The third kappa shape index (κ3) is 4.15. The number of rotatable bonds is 3. The van der Waals surface area contributed by atoms with Gasteiger partial charge in [0.15, 0.2) is 11.6 Å². The Hall–Kier alpha value is -3.29. The molecule has 0 atom stereocenters. The van der Waals surface area contributed by atoms with Crippen LogP contribution in [0.4, 0.5) is 25.1 Å². The molecule has 0 aliphatic carbocycles. The lowest BCUT2D eigenvalue weighted by molar-refractivity contribution is -0.00648. The van der Waals surface area contributed by atoms with E-state index in [-0.39, 0.29) is 17.2 Å². The van der Waals surface area contributed by atoms with Crippen molar-refractivity contribution in [2.24, 2.45) is 0 Å². The number of halogens is 2. The average molecular weight is 426 g/mol. The van der Waals surface area contributed by atoms with Crippen molar-refractivity contribution in [2.75, 3.05) is 18.4 Å². The van der Waals surface area contributed by atoms with Gasteiger partial charge in [0, 0.05) is 23.9 Å². The maximum atomic E-state index is 14.1. The van der Waals surface area contributed by atoms with Crippen LogP contribution in [-0.4, -0.2) is 39.7 Å². The molecule has 1 aromatic heterocycles. The Morgan fingerprint density at radius 3 is 2.61 bits per heavy atom. The van der Waals surface area contributed by atoms with Crippen LogP contribution in [0, 0.1) is 11.6 Å². The second-order valence-corrected chi connectivity index (χ2v) is 9.08. The molecule has 0 unspecified atom stereocenters. The van der Waals surface area contributed by atoms with Gasteiger partial charge in [0.1, 0.15) is 17.7 Å². The van der Waals surface area contributed by atoms with E-state index in [1.54, 1.807) is 4.90 Å². The number of fused-ring (bicyclic) bond motifs is 1. The summed E-state index contributed by atoms with van der Waals surface area (Å²) in [6.45, 7) is 8.61. The zero-order chi connectivity index (χ0) is 22.4. The fourth-order valence-corrected chi connectivity index (χ4v) is 3.69. The molecular weight excluding hydrogens is 402 g/mol. The highest BCUT2D eigenvalue weighted by Crippen LogP contribution is 2.37. The molecule has 1 amide bonds. The monoisotopic (exact) mass is 426 g/mol. The van der Waals surface area contributed by atoms with Crippen LogP contribution in [0.15, 0.2) is 42.7 Å². The number of carbonyl (C=O) groups excluding carboxylic acids is 1. The number of likely N-dealkylation sites (tertiary alicyclic amines) is 1. The molecular formula is C23H24F2N4O2. The Morgan fingerprint density at radius 1 is 1.16 bits per heavy atom. The SMILES string of the molecule is CC(C)(C)OC(=O)N1CC(C)(c2ccc3ncnc(Nc4cccc(F)c4F)c3c2)C1. The minimum atomic E-state index is -0.968. The maximum Gasteiger partial charge on any atom is 0.410 e. The van der Waals surface area contributed by atoms with Crippen LogP contribution in [0.3, 0.4) is 0 Å². The first kappa shape index (κ1) is 21.0. The Labute approximate surface area is 179 Å². The highest BCUT2D eigenvalue weighted by atomic mass is 19.2. The molecule has 0 spiro atoms. The number of carbonyl (C=O) groups is 1. The molecule has 8 heteroatoms. The van der Waals surface area contributed by atoms with E-state index in [0.29, 0.717) is 29.8 Å². The summed E-state index contributed by atoms with van der Waals surface area (Å²) >= 11 is 0. The summed E-state index contributed by atoms with van der Waals surface area (Å²) in [6, 6.07) is 9.69. The summed E-state index contributed by atoms with van der Waals surface area (Å²) in [5, 5.41) is 3.55. The number of aromatic nitrogens is 2. The minimum absolute atomic E-state index is 0.00337. The summed E-state index contributed by atoms with van der Waals surface area (Å²) in [5.41, 5.74) is 0.858. The van der Waals surface area contributed by atoms with E-state index < -0.39 is 17.2 Å². The first-order valence-electron chi connectivity index (χ1n) is 10.00. The van der Waals surface area contributed by atoms with Gasteiger partial charge in [0.2, 0.25) is 0 Å². The zero-order valence-corrected chi connectivity index (χ0v) is 17.9. The van der Waals surface area contributed by atoms with Crippen molar-refractivity contribution in [3.8, 4) is 0 Å². The summed E-state index contributed by atoms with van der Waals surface area (Å²) in [4.78, 5) is 22.5. The molecule has 3 aromatic rings. The molecule has 2 heterocycles. The standard InChI is InChI=1S/C23H24F2N4O2/c1-22(2,3)31-21(30)29-11-23(4,12-29)14-8-9-17-15(10-14)20(27-13-26-17)28-18-7-5-6-16(24)19(18)25/h5-10,13H,11-12H2,1-4H3,(H,26,27,28). The van der Waals surface area contributed by atoms with Crippen molar-refractivity contribution < 1.29 is 18.3 Å². The van der Waals surface area contributed by atoms with Gasteiger partial charge in [-0.15, -0.1) is 0 Å². The molecule has 0 bridgehead atoms. The molecule has 0 saturated carbocycles. The lowest BCUT2D eigenvalue weighted by Gasteiger charge is -2.48. The number of hydrogen-bond donors (Lipinski definition) is 1. The number of ether oxygens (including phenoxy) is 1. The predicted octanol–water partition coefficient (Wildman–Crippen LogP) is 5.16. The van der Waals surface area contributed by atoms with Crippen molar-refractivity contribution >= 4 is 28.5 Å². The Kier molecular flexibility index (Phi) is 5.03. The minimum Gasteiger partial charge on any atom is -0.444 e. The summed E-state index contributed by atoms with van der Waals surface area (Å²) < 4.78 is 33.1. The van der Waals surface area contributed by atoms with Gasteiger partial charge in [0.05, 0.1) is 11.2 Å². The van der Waals surface area contributed by atoms with E-state index in [2.05, 4.69) is 22.2 Å². The molecule has 0 radical (unpaired) electrons. The molecule has 2 aromatic carbocycles. The first-order chi connectivity index (χ1) is 14.6. The third-order valence-corrected chi connectivity index (χ3v) is 5.27. The zero-order valence-electron chi connectivity index (χ0n) is 17.9. The molecule has 1 aliphatic heterocycles. The lowest BCUT2D eigenvalue weighted by atomic mass is 9.75. The van der Waals surface area contributed by atoms with Crippen molar-refractivity contribution in [1.82, 2.24) is 14.9 Å². The molecule has 6 nitrogen and oxygen atoms in total. The fourth-order valence-electron chi connectivity index (χ4n) is 3.69. The topological polar surface area (TPSA) is 67.3 Å². The first-order valence-corrected chi connectivity index (χ1v) is 10.00. The average Bonchev–Trinajstić information content (AvgIpc) is 2.67. The van der Waals surface area contributed by atoms with E-state index in [1.807, 2.05) is 39.0 Å².